The Morgan fingerprint density at radius 1 is 1.25 bits per heavy atom. The van der Waals surface area contributed by atoms with E-state index in [1.807, 2.05) is 23.6 Å². The van der Waals surface area contributed by atoms with Crippen LogP contribution in [0.15, 0.2) is 47.8 Å². The molecule has 0 aliphatic carbocycles. The van der Waals surface area contributed by atoms with Gasteiger partial charge in [0.1, 0.15) is 0 Å². The van der Waals surface area contributed by atoms with Crippen molar-refractivity contribution < 1.29 is 9.35 Å². The van der Waals surface area contributed by atoms with Crippen molar-refractivity contribution in [3.8, 4) is 0 Å². The van der Waals surface area contributed by atoms with E-state index in [0.29, 0.717) is 12.2 Å². The van der Waals surface area contributed by atoms with Gasteiger partial charge >= 0.3 is 0 Å². The Morgan fingerprint density at radius 2 is 1.94 bits per heavy atom. The fourth-order valence-electron chi connectivity index (χ4n) is 1.52. The smallest absolute Gasteiger partial charge is 0.274 e. The number of nitro groups is 1. The van der Waals surface area contributed by atoms with Crippen LogP contribution in [0.3, 0.4) is 0 Å². The Bertz CT molecular complexity index is 444. The Labute approximate surface area is 94.7 Å². The summed E-state index contributed by atoms with van der Waals surface area (Å²) in [6, 6.07) is 6.68. The van der Waals surface area contributed by atoms with Gasteiger partial charge < -0.3 is 4.43 Å². The Balaban J connectivity index is 2.06. The second kappa shape index (κ2) is 4.87. The van der Waals surface area contributed by atoms with Crippen molar-refractivity contribution in [1.29, 1.82) is 0 Å². The standard InChI is InChI=1S/C11H11NO3Si/c13-12(14)11-6-2-1-5-10(11)9-15-16-7-3-4-8-16/h1-8,16H,9H2. The van der Waals surface area contributed by atoms with Crippen LogP contribution in [0, 0.1) is 10.1 Å². The van der Waals surface area contributed by atoms with Gasteiger partial charge in [0, 0.05) is 6.07 Å². The molecule has 5 heteroatoms. The number of rotatable bonds is 4. The zero-order valence-electron chi connectivity index (χ0n) is 8.58. The molecule has 0 N–H and O–H groups in total. The van der Waals surface area contributed by atoms with E-state index >= 15 is 0 Å². The van der Waals surface area contributed by atoms with Gasteiger partial charge in [-0.15, -0.1) is 0 Å². The normalized spacial score (nSPS) is 14.5. The molecule has 1 heterocycles. The molecular formula is C11H11NO3Si. The highest BCUT2D eigenvalue weighted by Crippen LogP contribution is 2.19. The number of para-hydroxylation sites is 1. The summed E-state index contributed by atoms with van der Waals surface area (Å²) >= 11 is 0. The molecule has 0 fully saturated rings. The van der Waals surface area contributed by atoms with Gasteiger partial charge in [0.05, 0.1) is 17.1 Å². The average molecular weight is 233 g/mol. The molecular weight excluding hydrogens is 222 g/mol. The predicted molar refractivity (Wildman–Crippen MR) is 63.3 cm³/mol. The Hall–Kier alpha value is -1.72. The zero-order valence-corrected chi connectivity index (χ0v) is 9.73. The summed E-state index contributed by atoms with van der Waals surface area (Å²) < 4.78 is 5.64. The average Bonchev–Trinajstić information content (AvgIpc) is 2.79. The molecule has 2 rings (SSSR count). The van der Waals surface area contributed by atoms with E-state index in [2.05, 4.69) is 0 Å². The van der Waals surface area contributed by atoms with Gasteiger partial charge in [0.2, 0.25) is 9.04 Å². The number of hydrogen-bond acceptors (Lipinski definition) is 3. The maximum absolute atomic E-state index is 10.8. The summed E-state index contributed by atoms with van der Waals surface area (Å²) in [7, 11) is -1.39. The summed E-state index contributed by atoms with van der Waals surface area (Å²) in [4.78, 5) is 10.4. The van der Waals surface area contributed by atoms with Crippen molar-refractivity contribution in [3.05, 3.63) is 63.5 Å². The molecule has 0 radical (unpaired) electrons. The highest BCUT2D eigenvalue weighted by molar-refractivity contribution is 6.64. The van der Waals surface area contributed by atoms with E-state index in [1.54, 1.807) is 18.2 Å². The van der Waals surface area contributed by atoms with E-state index in [-0.39, 0.29) is 10.6 Å². The van der Waals surface area contributed by atoms with Gasteiger partial charge in [-0.2, -0.15) is 0 Å². The lowest BCUT2D eigenvalue weighted by Crippen LogP contribution is -2.11. The summed E-state index contributed by atoms with van der Waals surface area (Å²) in [6.07, 6.45) is 3.91. The maximum Gasteiger partial charge on any atom is 0.274 e. The van der Waals surface area contributed by atoms with E-state index in [4.69, 9.17) is 4.43 Å². The van der Waals surface area contributed by atoms with E-state index < -0.39 is 9.04 Å². The number of nitrogens with zero attached hydrogens (tertiary/aromatic N) is 1. The first-order valence-corrected chi connectivity index (χ1v) is 6.77. The molecule has 82 valence electrons. The maximum atomic E-state index is 10.8. The minimum atomic E-state index is -1.39. The van der Waals surface area contributed by atoms with Crippen molar-refractivity contribution in [1.82, 2.24) is 0 Å². The van der Waals surface area contributed by atoms with Gasteiger partial charge in [0.25, 0.3) is 5.69 Å². The monoisotopic (exact) mass is 233 g/mol. The van der Waals surface area contributed by atoms with Crippen molar-refractivity contribution in [2.45, 2.75) is 6.61 Å². The van der Waals surface area contributed by atoms with Gasteiger partial charge in [-0.1, -0.05) is 35.7 Å². The van der Waals surface area contributed by atoms with E-state index in [9.17, 15) is 10.1 Å². The number of benzene rings is 1. The Morgan fingerprint density at radius 3 is 2.62 bits per heavy atom. The van der Waals surface area contributed by atoms with Gasteiger partial charge in [-0.25, -0.2) is 0 Å². The molecule has 0 bridgehead atoms. The lowest BCUT2D eigenvalue weighted by atomic mass is 10.2. The Kier molecular flexibility index (Phi) is 3.28. The number of nitro benzene ring substituents is 1. The molecule has 4 nitrogen and oxygen atoms in total. The highest BCUT2D eigenvalue weighted by atomic mass is 28.3. The van der Waals surface area contributed by atoms with Gasteiger partial charge in [-0.05, 0) is 6.07 Å². The third-order valence-corrected chi connectivity index (χ3v) is 4.09. The molecule has 1 aliphatic rings. The first kappa shape index (κ1) is 10.8. The third-order valence-electron chi connectivity index (χ3n) is 2.33. The molecule has 1 aromatic carbocycles. The van der Waals surface area contributed by atoms with Crippen LogP contribution in [0.25, 0.3) is 0 Å². The first-order valence-electron chi connectivity index (χ1n) is 4.96. The topological polar surface area (TPSA) is 52.4 Å². The molecule has 1 aromatic rings. The minimum Gasteiger partial charge on any atom is -0.408 e. The molecule has 1 aliphatic heterocycles. The number of hydrogen-bond donors (Lipinski definition) is 0. The zero-order chi connectivity index (χ0) is 11.4. The lowest BCUT2D eigenvalue weighted by Gasteiger charge is -2.07. The minimum absolute atomic E-state index is 0.127. The fraction of sp³-hybridized carbons (Fsp3) is 0.0909. The van der Waals surface area contributed by atoms with Crippen LogP contribution >= 0.6 is 0 Å². The summed E-state index contributed by atoms with van der Waals surface area (Å²) in [5.41, 5.74) is 4.83. The summed E-state index contributed by atoms with van der Waals surface area (Å²) in [6.45, 7) is 0.308. The van der Waals surface area contributed by atoms with E-state index in [0.717, 1.165) is 0 Å². The van der Waals surface area contributed by atoms with Crippen LogP contribution in [0.5, 0.6) is 0 Å². The van der Waals surface area contributed by atoms with Crippen LogP contribution in [0.1, 0.15) is 5.56 Å². The van der Waals surface area contributed by atoms with Crippen LogP contribution < -0.4 is 0 Å². The lowest BCUT2D eigenvalue weighted by molar-refractivity contribution is -0.385. The van der Waals surface area contributed by atoms with Crippen molar-refractivity contribution in [2.24, 2.45) is 0 Å². The van der Waals surface area contributed by atoms with E-state index in [1.165, 1.54) is 6.07 Å². The van der Waals surface area contributed by atoms with Crippen molar-refractivity contribution in [2.75, 3.05) is 0 Å². The van der Waals surface area contributed by atoms with Gasteiger partial charge in [-0.3, -0.25) is 10.1 Å². The molecule has 0 amide bonds. The van der Waals surface area contributed by atoms with Crippen molar-refractivity contribution in [3.63, 3.8) is 0 Å². The largest absolute Gasteiger partial charge is 0.408 e. The molecule has 0 saturated heterocycles. The van der Waals surface area contributed by atoms with Crippen LogP contribution in [-0.2, 0) is 11.0 Å². The molecule has 0 atom stereocenters. The molecule has 0 spiro atoms. The molecule has 16 heavy (non-hydrogen) atoms. The SMILES string of the molecule is O=[N+]([O-])c1ccccc1CO[SiH]1C=CC=C1. The highest BCUT2D eigenvalue weighted by Gasteiger charge is 2.14. The quantitative estimate of drug-likeness (QED) is 0.454. The number of allylic oxidation sites excluding steroid dienone is 2. The molecule has 0 saturated carbocycles. The van der Waals surface area contributed by atoms with Gasteiger partial charge in [0.15, 0.2) is 0 Å². The molecule has 0 unspecified atom stereocenters. The second-order valence-electron chi connectivity index (χ2n) is 3.43. The third kappa shape index (κ3) is 2.44. The predicted octanol–water partition coefficient (Wildman–Crippen LogP) is 2.04. The first-order chi connectivity index (χ1) is 7.77. The molecule has 0 aromatic heterocycles. The van der Waals surface area contributed by atoms with Crippen LogP contribution in [0.4, 0.5) is 5.69 Å². The van der Waals surface area contributed by atoms with Crippen molar-refractivity contribution >= 4 is 14.7 Å². The van der Waals surface area contributed by atoms with Crippen LogP contribution in [-0.4, -0.2) is 14.0 Å². The summed E-state index contributed by atoms with van der Waals surface area (Å²) in [5.74, 6) is 0. The summed E-state index contributed by atoms with van der Waals surface area (Å²) in [5, 5.41) is 10.8. The second-order valence-corrected chi connectivity index (χ2v) is 5.46. The fourth-order valence-corrected chi connectivity index (χ4v) is 2.94. The van der Waals surface area contributed by atoms with Crippen LogP contribution in [0.2, 0.25) is 0 Å².